The molecule has 3 rings (SSSR count). The van der Waals surface area contributed by atoms with Gasteiger partial charge in [0.05, 0.1) is 16.8 Å². The first-order valence-electron chi connectivity index (χ1n) is 10.4. The van der Waals surface area contributed by atoms with Crippen molar-refractivity contribution in [3.63, 3.8) is 0 Å². The maximum Gasteiger partial charge on any atom is 0.247 e. The predicted octanol–water partition coefficient (Wildman–Crippen LogP) is 2.88. The summed E-state index contributed by atoms with van der Waals surface area (Å²) in [7, 11) is -7.28. The van der Waals surface area contributed by atoms with Crippen LogP contribution in [0.15, 0.2) is 47.4 Å². The fourth-order valence-corrected chi connectivity index (χ4v) is 6.39. The fourth-order valence-electron chi connectivity index (χ4n) is 3.71. The van der Waals surface area contributed by atoms with Crippen LogP contribution >= 0.6 is 0 Å². The summed E-state index contributed by atoms with van der Waals surface area (Å²) >= 11 is 0. The van der Waals surface area contributed by atoms with E-state index in [-0.39, 0.29) is 4.90 Å². The van der Waals surface area contributed by atoms with Gasteiger partial charge in [-0.15, -0.1) is 0 Å². The smallest absolute Gasteiger partial charge is 0.247 e. The van der Waals surface area contributed by atoms with E-state index in [1.54, 1.807) is 12.1 Å². The van der Waals surface area contributed by atoms with Crippen LogP contribution < -0.4 is 9.62 Å². The first kappa shape index (κ1) is 24.2. The van der Waals surface area contributed by atoms with Crippen molar-refractivity contribution in [3.8, 4) is 0 Å². The van der Waals surface area contributed by atoms with Crippen molar-refractivity contribution >= 4 is 37.3 Å². The van der Waals surface area contributed by atoms with Crippen LogP contribution in [-0.2, 0) is 24.8 Å². The molecule has 0 saturated carbocycles. The first-order valence-corrected chi connectivity index (χ1v) is 13.7. The molecule has 1 amide bonds. The molecule has 1 aliphatic heterocycles. The van der Waals surface area contributed by atoms with Crippen LogP contribution in [0.4, 0.5) is 11.4 Å². The SMILES string of the molecule is Cc1ccc(N([C@@H](C)C(=O)Nc2ccc(S(=O)(=O)N3CCCC3)cc2)S(C)(=O)=O)cc1C. The number of hydrogen-bond donors (Lipinski definition) is 1. The van der Waals surface area contributed by atoms with Gasteiger partial charge in [-0.2, -0.15) is 4.31 Å². The normalized spacial score (nSPS) is 16.0. The zero-order valence-corrected chi connectivity index (χ0v) is 20.3. The highest BCUT2D eigenvalue weighted by Gasteiger charge is 2.30. The number of nitrogens with one attached hydrogen (secondary N) is 1. The third kappa shape index (κ3) is 5.13. The Kier molecular flexibility index (Phi) is 6.97. The molecule has 2 aromatic rings. The molecule has 0 aliphatic carbocycles. The Balaban J connectivity index is 1.79. The number of anilines is 2. The van der Waals surface area contributed by atoms with E-state index in [4.69, 9.17) is 0 Å². The van der Waals surface area contributed by atoms with Crippen LogP contribution in [0.1, 0.15) is 30.9 Å². The predicted molar refractivity (Wildman–Crippen MR) is 126 cm³/mol. The molecule has 1 fully saturated rings. The van der Waals surface area contributed by atoms with Crippen LogP contribution in [0.5, 0.6) is 0 Å². The van der Waals surface area contributed by atoms with Gasteiger partial charge in [-0.05, 0) is 81.1 Å². The molecule has 174 valence electrons. The van der Waals surface area contributed by atoms with Crippen molar-refractivity contribution in [3.05, 3.63) is 53.6 Å². The Labute approximate surface area is 190 Å². The number of aryl methyl sites for hydroxylation is 2. The number of nitrogens with zero attached hydrogens (tertiary/aromatic N) is 2. The second-order valence-electron chi connectivity index (χ2n) is 8.13. The van der Waals surface area contributed by atoms with Gasteiger partial charge in [0.15, 0.2) is 0 Å². The summed E-state index contributed by atoms with van der Waals surface area (Å²) in [6.45, 7) is 6.34. The minimum absolute atomic E-state index is 0.165. The van der Waals surface area contributed by atoms with Gasteiger partial charge < -0.3 is 5.32 Å². The second kappa shape index (κ2) is 9.21. The molecule has 0 spiro atoms. The van der Waals surface area contributed by atoms with Crippen molar-refractivity contribution in [1.82, 2.24) is 4.31 Å². The lowest BCUT2D eigenvalue weighted by Gasteiger charge is -2.28. The number of sulfonamides is 2. The Morgan fingerprint density at radius 1 is 0.969 bits per heavy atom. The highest BCUT2D eigenvalue weighted by molar-refractivity contribution is 7.92. The summed E-state index contributed by atoms with van der Waals surface area (Å²) in [5.41, 5.74) is 2.72. The number of rotatable bonds is 7. The van der Waals surface area contributed by atoms with Gasteiger partial charge in [0.1, 0.15) is 6.04 Å². The number of hydrogen-bond acceptors (Lipinski definition) is 5. The van der Waals surface area contributed by atoms with E-state index in [9.17, 15) is 21.6 Å². The maximum absolute atomic E-state index is 12.9. The van der Waals surface area contributed by atoms with Gasteiger partial charge in [-0.3, -0.25) is 9.10 Å². The van der Waals surface area contributed by atoms with Crippen LogP contribution in [0.2, 0.25) is 0 Å². The van der Waals surface area contributed by atoms with Crippen molar-refractivity contribution in [2.24, 2.45) is 0 Å². The average Bonchev–Trinajstić information content (AvgIpc) is 3.26. The van der Waals surface area contributed by atoms with Gasteiger partial charge in [-0.25, -0.2) is 16.8 Å². The standard InChI is InChI=1S/C22H29N3O5S2/c1-16-7-10-20(15-17(16)2)25(31(4,27)28)18(3)22(26)23-19-8-11-21(12-9-19)32(29,30)24-13-5-6-14-24/h7-12,15,18H,5-6,13-14H2,1-4H3,(H,23,26)/t18-/m0/s1. The molecule has 0 unspecified atom stereocenters. The van der Waals surface area contributed by atoms with E-state index in [2.05, 4.69) is 5.32 Å². The van der Waals surface area contributed by atoms with Crippen molar-refractivity contribution in [1.29, 1.82) is 0 Å². The Bertz CT molecular complexity index is 1200. The van der Waals surface area contributed by atoms with Crippen LogP contribution in [0, 0.1) is 13.8 Å². The molecule has 1 N–H and O–H groups in total. The lowest BCUT2D eigenvalue weighted by molar-refractivity contribution is -0.116. The summed E-state index contributed by atoms with van der Waals surface area (Å²) in [5, 5.41) is 2.68. The van der Waals surface area contributed by atoms with Gasteiger partial charge in [0, 0.05) is 18.8 Å². The topological polar surface area (TPSA) is 104 Å². The van der Waals surface area contributed by atoms with E-state index in [0.717, 1.165) is 34.5 Å². The summed E-state index contributed by atoms with van der Waals surface area (Å²) in [6, 6.07) is 10.1. The fraction of sp³-hybridized carbons (Fsp3) is 0.409. The lowest BCUT2D eigenvalue weighted by atomic mass is 10.1. The molecule has 0 radical (unpaired) electrons. The molecule has 1 aliphatic rings. The highest BCUT2D eigenvalue weighted by atomic mass is 32.2. The number of carbonyl (C=O) groups is 1. The van der Waals surface area contributed by atoms with Gasteiger partial charge in [-0.1, -0.05) is 6.07 Å². The van der Waals surface area contributed by atoms with E-state index < -0.39 is 32.0 Å². The number of carbonyl (C=O) groups excluding carboxylic acids is 1. The molecule has 1 saturated heterocycles. The largest absolute Gasteiger partial charge is 0.324 e. The minimum atomic E-state index is -3.73. The van der Waals surface area contributed by atoms with Crippen molar-refractivity contribution in [2.75, 3.05) is 29.0 Å². The van der Waals surface area contributed by atoms with E-state index in [1.807, 2.05) is 19.9 Å². The van der Waals surface area contributed by atoms with E-state index in [1.165, 1.54) is 35.5 Å². The van der Waals surface area contributed by atoms with Gasteiger partial charge >= 0.3 is 0 Å². The molecule has 32 heavy (non-hydrogen) atoms. The van der Waals surface area contributed by atoms with Crippen molar-refractivity contribution < 1.29 is 21.6 Å². The van der Waals surface area contributed by atoms with Crippen LogP contribution in [-0.4, -0.2) is 52.4 Å². The number of benzene rings is 2. The molecule has 0 bridgehead atoms. The Hall–Kier alpha value is -2.43. The summed E-state index contributed by atoms with van der Waals surface area (Å²) in [4.78, 5) is 13.0. The van der Waals surface area contributed by atoms with Crippen LogP contribution in [0.25, 0.3) is 0 Å². The van der Waals surface area contributed by atoms with Crippen LogP contribution in [0.3, 0.4) is 0 Å². The molecule has 1 heterocycles. The maximum atomic E-state index is 12.9. The van der Waals surface area contributed by atoms with Crippen molar-refractivity contribution in [2.45, 2.75) is 44.6 Å². The zero-order valence-electron chi connectivity index (χ0n) is 18.7. The molecular formula is C22H29N3O5S2. The lowest BCUT2D eigenvalue weighted by Crippen LogP contribution is -2.45. The molecule has 2 aromatic carbocycles. The molecule has 1 atom stereocenters. The summed E-state index contributed by atoms with van der Waals surface area (Å²) < 4.78 is 52.8. The zero-order chi connectivity index (χ0) is 23.7. The molecular weight excluding hydrogens is 450 g/mol. The number of amides is 1. The highest BCUT2D eigenvalue weighted by Crippen LogP contribution is 2.25. The Morgan fingerprint density at radius 3 is 2.09 bits per heavy atom. The quantitative estimate of drug-likeness (QED) is 0.658. The summed E-state index contributed by atoms with van der Waals surface area (Å²) in [5.74, 6) is -0.524. The molecule has 0 aromatic heterocycles. The third-order valence-corrected chi connectivity index (χ3v) is 8.81. The Morgan fingerprint density at radius 2 is 1.56 bits per heavy atom. The monoisotopic (exact) mass is 479 g/mol. The summed E-state index contributed by atoms with van der Waals surface area (Å²) in [6.07, 6.45) is 2.76. The van der Waals surface area contributed by atoms with Gasteiger partial charge in [0.25, 0.3) is 0 Å². The molecule has 8 nitrogen and oxygen atoms in total. The third-order valence-electron chi connectivity index (χ3n) is 5.66. The second-order valence-corrected chi connectivity index (χ2v) is 11.9. The first-order chi connectivity index (χ1) is 14.9. The van der Waals surface area contributed by atoms with Gasteiger partial charge in [0.2, 0.25) is 26.0 Å². The molecule has 10 heteroatoms. The minimum Gasteiger partial charge on any atom is -0.324 e. The van der Waals surface area contributed by atoms with E-state index in [0.29, 0.717) is 24.5 Å². The van der Waals surface area contributed by atoms with E-state index >= 15 is 0 Å². The average molecular weight is 480 g/mol.